The summed E-state index contributed by atoms with van der Waals surface area (Å²) < 4.78 is 0. The van der Waals surface area contributed by atoms with Crippen LogP contribution in [0.5, 0.6) is 0 Å². The molecule has 5 nitrogen and oxygen atoms in total. The van der Waals surface area contributed by atoms with E-state index < -0.39 is 18.1 Å². The van der Waals surface area contributed by atoms with Gasteiger partial charge in [-0.1, -0.05) is 30.3 Å². The molecule has 1 aromatic carbocycles. The smallest absolute Gasteiger partial charge is 0.326 e. The number of carbonyl (C=O) groups is 2. The standard InChI is InChI=1S/C15H18N2O3/c1-2-5-12(15(19)20)17-14(18)13-8-10-6-3-4-7-11(10)9-16-13/h2-4,6-7,12-13,16H,1,5,8-9H2,(H,17,18)(H,19,20)/t12?,13-/m0/s1. The fourth-order valence-electron chi connectivity index (χ4n) is 2.30. The van der Waals surface area contributed by atoms with Crippen LogP contribution in [0.1, 0.15) is 17.5 Å². The summed E-state index contributed by atoms with van der Waals surface area (Å²) in [6.07, 6.45) is 2.27. The number of carbonyl (C=O) groups excluding carboxylic acids is 1. The highest BCUT2D eigenvalue weighted by Gasteiger charge is 2.27. The lowest BCUT2D eigenvalue weighted by Crippen LogP contribution is -2.52. The monoisotopic (exact) mass is 274 g/mol. The molecular formula is C15H18N2O3. The van der Waals surface area contributed by atoms with Gasteiger partial charge in [-0.15, -0.1) is 6.58 Å². The van der Waals surface area contributed by atoms with E-state index in [1.807, 2.05) is 24.3 Å². The zero-order valence-electron chi connectivity index (χ0n) is 11.1. The third-order valence-electron chi connectivity index (χ3n) is 3.41. The predicted molar refractivity (Wildman–Crippen MR) is 75.2 cm³/mol. The van der Waals surface area contributed by atoms with E-state index in [1.165, 1.54) is 11.6 Å². The van der Waals surface area contributed by atoms with Crippen LogP contribution in [0.15, 0.2) is 36.9 Å². The molecule has 1 heterocycles. The van der Waals surface area contributed by atoms with Gasteiger partial charge in [0.15, 0.2) is 0 Å². The van der Waals surface area contributed by atoms with Crippen molar-refractivity contribution in [2.75, 3.05) is 0 Å². The highest BCUT2D eigenvalue weighted by atomic mass is 16.4. The average Bonchev–Trinajstić information content (AvgIpc) is 2.46. The lowest BCUT2D eigenvalue weighted by atomic mass is 9.95. The Morgan fingerprint density at radius 1 is 1.45 bits per heavy atom. The normalized spacial score (nSPS) is 18.7. The van der Waals surface area contributed by atoms with Gasteiger partial charge in [0.05, 0.1) is 6.04 Å². The van der Waals surface area contributed by atoms with E-state index in [2.05, 4.69) is 17.2 Å². The third-order valence-corrected chi connectivity index (χ3v) is 3.41. The van der Waals surface area contributed by atoms with E-state index in [0.29, 0.717) is 13.0 Å². The summed E-state index contributed by atoms with van der Waals surface area (Å²) in [7, 11) is 0. The Bertz CT molecular complexity index is 528. The lowest BCUT2D eigenvalue weighted by Gasteiger charge is -2.26. The molecule has 20 heavy (non-hydrogen) atoms. The van der Waals surface area contributed by atoms with Gasteiger partial charge in [-0.2, -0.15) is 0 Å². The van der Waals surface area contributed by atoms with Crippen LogP contribution in [0.3, 0.4) is 0 Å². The Morgan fingerprint density at radius 3 is 2.80 bits per heavy atom. The second-order valence-electron chi connectivity index (χ2n) is 4.83. The third kappa shape index (κ3) is 3.24. The first-order chi connectivity index (χ1) is 9.61. The number of amides is 1. The maximum absolute atomic E-state index is 12.1. The number of hydrogen-bond donors (Lipinski definition) is 3. The fraction of sp³-hybridized carbons (Fsp3) is 0.333. The number of hydrogen-bond acceptors (Lipinski definition) is 3. The molecule has 106 valence electrons. The van der Waals surface area contributed by atoms with Crippen LogP contribution in [0, 0.1) is 0 Å². The van der Waals surface area contributed by atoms with Crippen molar-refractivity contribution in [1.82, 2.24) is 10.6 Å². The second-order valence-corrected chi connectivity index (χ2v) is 4.83. The molecule has 0 fully saturated rings. The summed E-state index contributed by atoms with van der Waals surface area (Å²) in [6.45, 7) is 4.12. The molecular weight excluding hydrogens is 256 g/mol. The van der Waals surface area contributed by atoms with Gasteiger partial charge < -0.3 is 15.7 Å². The number of rotatable bonds is 5. The molecule has 0 aliphatic carbocycles. The van der Waals surface area contributed by atoms with Crippen molar-refractivity contribution in [2.45, 2.75) is 31.5 Å². The summed E-state index contributed by atoms with van der Waals surface area (Å²) in [5, 5.41) is 14.7. The zero-order valence-corrected chi connectivity index (χ0v) is 11.1. The zero-order chi connectivity index (χ0) is 14.5. The average molecular weight is 274 g/mol. The van der Waals surface area contributed by atoms with Crippen molar-refractivity contribution < 1.29 is 14.7 Å². The molecule has 2 rings (SSSR count). The largest absolute Gasteiger partial charge is 0.480 e. The molecule has 1 unspecified atom stereocenters. The maximum Gasteiger partial charge on any atom is 0.326 e. The molecule has 2 atom stereocenters. The van der Waals surface area contributed by atoms with Gasteiger partial charge >= 0.3 is 5.97 Å². The van der Waals surface area contributed by atoms with E-state index >= 15 is 0 Å². The van der Waals surface area contributed by atoms with Crippen molar-refractivity contribution in [3.05, 3.63) is 48.0 Å². The van der Waals surface area contributed by atoms with Crippen LogP contribution in [-0.2, 0) is 22.6 Å². The molecule has 0 radical (unpaired) electrons. The van der Waals surface area contributed by atoms with Crippen LogP contribution in [0.2, 0.25) is 0 Å². The van der Waals surface area contributed by atoms with Crippen molar-refractivity contribution >= 4 is 11.9 Å². The van der Waals surface area contributed by atoms with E-state index in [1.54, 1.807) is 0 Å². The molecule has 0 aromatic heterocycles. The summed E-state index contributed by atoms with van der Waals surface area (Å²) in [6, 6.07) is 6.61. The van der Waals surface area contributed by atoms with E-state index in [-0.39, 0.29) is 12.3 Å². The van der Waals surface area contributed by atoms with Crippen LogP contribution in [-0.4, -0.2) is 29.1 Å². The van der Waals surface area contributed by atoms with Gasteiger partial charge in [0, 0.05) is 6.54 Å². The molecule has 0 saturated carbocycles. The van der Waals surface area contributed by atoms with Crippen LogP contribution >= 0.6 is 0 Å². The van der Waals surface area contributed by atoms with Crippen molar-refractivity contribution in [3.8, 4) is 0 Å². The van der Waals surface area contributed by atoms with Gasteiger partial charge in [0.25, 0.3) is 0 Å². The van der Waals surface area contributed by atoms with Crippen molar-refractivity contribution in [2.24, 2.45) is 0 Å². The van der Waals surface area contributed by atoms with Crippen molar-refractivity contribution in [1.29, 1.82) is 0 Å². The van der Waals surface area contributed by atoms with Gasteiger partial charge in [-0.3, -0.25) is 4.79 Å². The summed E-state index contributed by atoms with van der Waals surface area (Å²) in [5.41, 5.74) is 2.31. The number of carboxylic acid groups (broad SMARTS) is 1. The Morgan fingerprint density at radius 2 is 2.15 bits per heavy atom. The first-order valence-corrected chi connectivity index (χ1v) is 6.56. The number of nitrogens with one attached hydrogen (secondary N) is 2. The minimum Gasteiger partial charge on any atom is -0.480 e. The van der Waals surface area contributed by atoms with Crippen molar-refractivity contribution in [3.63, 3.8) is 0 Å². The van der Waals surface area contributed by atoms with E-state index in [9.17, 15) is 9.59 Å². The molecule has 0 saturated heterocycles. The first kappa shape index (κ1) is 14.3. The molecule has 1 aromatic rings. The summed E-state index contributed by atoms with van der Waals surface area (Å²) in [5.74, 6) is -1.33. The van der Waals surface area contributed by atoms with E-state index in [0.717, 1.165) is 5.56 Å². The molecule has 0 spiro atoms. The lowest BCUT2D eigenvalue weighted by molar-refractivity contribution is -0.142. The molecule has 3 N–H and O–H groups in total. The van der Waals surface area contributed by atoms with Gasteiger partial charge in [-0.05, 0) is 24.0 Å². The highest BCUT2D eigenvalue weighted by Crippen LogP contribution is 2.16. The number of benzene rings is 1. The molecule has 0 bridgehead atoms. The van der Waals surface area contributed by atoms with Crippen LogP contribution < -0.4 is 10.6 Å². The topological polar surface area (TPSA) is 78.4 Å². The van der Waals surface area contributed by atoms with Crippen LogP contribution in [0.25, 0.3) is 0 Å². The molecule has 5 heteroatoms. The SMILES string of the molecule is C=CCC(NC(=O)[C@@H]1Cc2ccccc2CN1)C(=O)O. The molecule has 1 aliphatic heterocycles. The first-order valence-electron chi connectivity index (χ1n) is 6.56. The molecule has 1 aliphatic rings. The van der Waals surface area contributed by atoms with Crippen LogP contribution in [0.4, 0.5) is 0 Å². The highest BCUT2D eigenvalue weighted by molar-refractivity contribution is 5.87. The molecule has 1 amide bonds. The van der Waals surface area contributed by atoms with Gasteiger partial charge in [-0.25, -0.2) is 4.79 Å². The Hall–Kier alpha value is -2.14. The van der Waals surface area contributed by atoms with Gasteiger partial charge in [0.1, 0.15) is 6.04 Å². The Balaban J connectivity index is 2.01. The van der Waals surface area contributed by atoms with E-state index in [4.69, 9.17) is 5.11 Å². The minimum atomic E-state index is -1.05. The van der Waals surface area contributed by atoms with Gasteiger partial charge in [0.2, 0.25) is 5.91 Å². The fourth-order valence-corrected chi connectivity index (χ4v) is 2.30. The maximum atomic E-state index is 12.1. The quantitative estimate of drug-likeness (QED) is 0.695. The minimum absolute atomic E-state index is 0.213. The Kier molecular flexibility index (Phi) is 4.53. The summed E-state index contributed by atoms with van der Waals surface area (Å²) in [4.78, 5) is 23.1. The summed E-state index contributed by atoms with van der Waals surface area (Å²) >= 11 is 0. The predicted octanol–water partition coefficient (Wildman–Crippen LogP) is 0.846. The number of carboxylic acids is 1. The Labute approximate surface area is 117 Å². The second kappa shape index (κ2) is 6.34. The number of fused-ring (bicyclic) bond motifs is 1. The number of aliphatic carboxylic acids is 1.